The summed E-state index contributed by atoms with van der Waals surface area (Å²) in [6, 6.07) is 5.58. The van der Waals surface area contributed by atoms with E-state index in [1.807, 2.05) is 18.2 Å². The molecule has 5 heteroatoms. The standard InChI is InChI=1S/C13H19N3O2/c1-3-16(7-8-17-2)9-12-15-13-10(14)5-4-6-11(13)18-12/h4-6H,3,7-9,14H2,1-2H3. The van der Waals surface area contributed by atoms with E-state index in [0.717, 1.165) is 24.2 Å². The molecule has 2 rings (SSSR count). The zero-order valence-corrected chi connectivity index (χ0v) is 10.8. The summed E-state index contributed by atoms with van der Waals surface area (Å²) in [6.07, 6.45) is 0. The Balaban J connectivity index is 2.13. The van der Waals surface area contributed by atoms with Crippen LogP contribution in [0.5, 0.6) is 0 Å². The van der Waals surface area contributed by atoms with E-state index in [2.05, 4.69) is 16.8 Å². The van der Waals surface area contributed by atoms with Gasteiger partial charge in [-0.15, -0.1) is 0 Å². The number of rotatable bonds is 6. The molecule has 5 nitrogen and oxygen atoms in total. The number of nitrogens with zero attached hydrogens (tertiary/aromatic N) is 2. The first-order valence-corrected chi connectivity index (χ1v) is 6.09. The molecule has 2 aromatic rings. The Morgan fingerprint density at radius 2 is 2.28 bits per heavy atom. The van der Waals surface area contributed by atoms with Crippen LogP contribution in [0.15, 0.2) is 22.6 Å². The van der Waals surface area contributed by atoms with Gasteiger partial charge in [0.1, 0.15) is 5.52 Å². The van der Waals surface area contributed by atoms with E-state index in [0.29, 0.717) is 24.7 Å². The van der Waals surface area contributed by atoms with Crippen molar-refractivity contribution >= 4 is 16.8 Å². The van der Waals surface area contributed by atoms with Crippen molar-refractivity contribution in [2.24, 2.45) is 0 Å². The Labute approximate surface area is 107 Å². The van der Waals surface area contributed by atoms with Crippen molar-refractivity contribution in [2.75, 3.05) is 32.5 Å². The number of fused-ring (bicyclic) bond motifs is 1. The maximum atomic E-state index is 5.86. The van der Waals surface area contributed by atoms with Gasteiger partial charge in [-0.25, -0.2) is 4.98 Å². The predicted molar refractivity (Wildman–Crippen MR) is 71.2 cm³/mol. The van der Waals surface area contributed by atoms with Gasteiger partial charge in [-0.3, -0.25) is 4.90 Å². The highest BCUT2D eigenvalue weighted by Crippen LogP contribution is 2.21. The normalized spacial score (nSPS) is 11.5. The second-order valence-corrected chi connectivity index (χ2v) is 4.16. The summed E-state index contributed by atoms with van der Waals surface area (Å²) in [7, 11) is 1.70. The minimum atomic E-state index is 0.655. The molecule has 2 N–H and O–H groups in total. The highest BCUT2D eigenvalue weighted by Gasteiger charge is 2.11. The van der Waals surface area contributed by atoms with Gasteiger partial charge in [-0.05, 0) is 18.7 Å². The van der Waals surface area contributed by atoms with Crippen molar-refractivity contribution in [1.82, 2.24) is 9.88 Å². The van der Waals surface area contributed by atoms with Gasteiger partial charge in [0.2, 0.25) is 5.89 Å². The number of methoxy groups -OCH3 is 1. The van der Waals surface area contributed by atoms with Crippen molar-refractivity contribution in [3.8, 4) is 0 Å². The predicted octanol–water partition coefficient (Wildman–Crippen LogP) is 1.88. The largest absolute Gasteiger partial charge is 0.439 e. The van der Waals surface area contributed by atoms with Crippen LogP contribution in [-0.2, 0) is 11.3 Å². The average molecular weight is 249 g/mol. The molecule has 1 heterocycles. The van der Waals surface area contributed by atoms with Crippen LogP contribution >= 0.6 is 0 Å². The molecule has 0 aliphatic rings. The van der Waals surface area contributed by atoms with Crippen LogP contribution in [0.4, 0.5) is 5.69 Å². The summed E-state index contributed by atoms with van der Waals surface area (Å²) in [5.41, 5.74) is 8.00. The van der Waals surface area contributed by atoms with Gasteiger partial charge < -0.3 is 14.9 Å². The van der Waals surface area contributed by atoms with E-state index in [1.54, 1.807) is 7.11 Å². The van der Waals surface area contributed by atoms with Crippen molar-refractivity contribution in [3.05, 3.63) is 24.1 Å². The molecular formula is C13H19N3O2. The van der Waals surface area contributed by atoms with Crippen molar-refractivity contribution in [1.29, 1.82) is 0 Å². The van der Waals surface area contributed by atoms with Gasteiger partial charge in [-0.2, -0.15) is 0 Å². The monoisotopic (exact) mass is 249 g/mol. The quantitative estimate of drug-likeness (QED) is 0.792. The van der Waals surface area contributed by atoms with Gasteiger partial charge in [0.15, 0.2) is 5.58 Å². The van der Waals surface area contributed by atoms with Crippen LogP contribution in [0, 0.1) is 0 Å². The first kappa shape index (κ1) is 12.9. The van der Waals surface area contributed by atoms with Crippen LogP contribution in [0.1, 0.15) is 12.8 Å². The summed E-state index contributed by atoms with van der Waals surface area (Å²) in [4.78, 5) is 6.65. The molecule has 0 saturated carbocycles. The molecule has 0 spiro atoms. The van der Waals surface area contributed by atoms with Gasteiger partial charge in [0.05, 0.1) is 18.8 Å². The highest BCUT2D eigenvalue weighted by molar-refractivity contribution is 5.85. The van der Waals surface area contributed by atoms with Gasteiger partial charge in [0.25, 0.3) is 0 Å². The number of oxazole rings is 1. The van der Waals surface area contributed by atoms with Crippen LogP contribution in [0.3, 0.4) is 0 Å². The molecule has 0 bridgehead atoms. The fourth-order valence-electron chi connectivity index (χ4n) is 1.84. The molecule has 0 aliphatic heterocycles. The molecule has 0 atom stereocenters. The molecule has 0 saturated heterocycles. The Morgan fingerprint density at radius 1 is 1.44 bits per heavy atom. The topological polar surface area (TPSA) is 64.5 Å². The zero-order valence-electron chi connectivity index (χ0n) is 10.8. The first-order valence-electron chi connectivity index (χ1n) is 6.09. The third-order valence-corrected chi connectivity index (χ3v) is 2.91. The molecule has 1 aromatic heterocycles. The third kappa shape index (κ3) is 2.80. The number of hydrogen-bond donors (Lipinski definition) is 1. The molecule has 18 heavy (non-hydrogen) atoms. The van der Waals surface area contributed by atoms with E-state index >= 15 is 0 Å². The number of ether oxygens (including phenoxy) is 1. The molecular weight excluding hydrogens is 230 g/mol. The zero-order chi connectivity index (χ0) is 13.0. The number of benzene rings is 1. The van der Waals surface area contributed by atoms with E-state index in [-0.39, 0.29) is 0 Å². The van der Waals surface area contributed by atoms with Crippen molar-refractivity contribution in [2.45, 2.75) is 13.5 Å². The molecule has 0 fully saturated rings. The fourth-order valence-corrected chi connectivity index (χ4v) is 1.84. The summed E-state index contributed by atoms with van der Waals surface area (Å²) in [5.74, 6) is 0.695. The summed E-state index contributed by atoms with van der Waals surface area (Å²) in [6.45, 7) is 5.27. The first-order chi connectivity index (χ1) is 8.74. The van der Waals surface area contributed by atoms with E-state index in [1.165, 1.54) is 0 Å². The molecule has 0 amide bonds. The number of para-hydroxylation sites is 1. The maximum Gasteiger partial charge on any atom is 0.209 e. The molecule has 0 unspecified atom stereocenters. The highest BCUT2D eigenvalue weighted by atomic mass is 16.5. The number of likely N-dealkylation sites (N-methyl/N-ethyl adjacent to an activating group) is 1. The van der Waals surface area contributed by atoms with Gasteiger partial charge in [0, 0.05) is 13.7 Å². The van der Waals surface area contributed by atoms with E-state index < -0.39 is 0 Å². The SMILES string of the molecule is CCN(CCOC)Cc1nc2c(N)cccc2o1. The lowest BCUT2D eigenvalue weighted by atomic mass is 10.3. The molecule has 0 aliphatic carbocycles. The number of anilines is 1. The fraction of sp³-hybridized carbons (Fsp3) is 0.462. The van der Waals surface area contributed by atoms with E-state index in [4.69, 9.17) is 14.9 Å². The average Bonchev–Trinajstić information content (AvgIpc) is 2.78. The summed E-state index contributed by atoms with van der Waals surface area (Å²) < 4.78 is 10.8. The molecule has 1 aromatic carbocycles. The second kappa shape index (κ2) is 5.84. The minimum Gasteiger partial charge on any atom is -0.439 e. The summed E-state index contributed by atoms with van der Waals surface area (Å²) >= 11 is 0. The second-order valence-electron chi connectivity index (χ2n) is 4.16. The lowest BCUT2D eigenvalue weighted by Gasteiger charge is -2.17. The van der Waals surface area contributed by atoms with Gasteiger partial charge in [-0.1, -0.05) is 13.0 Å². The molecule has 0 radical (unpaired) electrons. The van der Waals surface area contributed by atoms with Crippen LogP contribution in [0.25, 0.3) is 11.1 Å². The van der Waals surface area contributed by atoms with Crippen LogP contribution < -0.4 is 5.73 Å². The lowest BCUT2D eigenvalue weighted by Crippen LogP contribution is -2.26. The molecule has 98 valence electrons. The Bertz CT molecular complexity index is 510. The van der Waals surface area contributed by atoms with Gasteiger partial charge >= 0.3 is 0 Å². The Morgan fingerprint density at radius 3 is 2.94 bits per heavy atom. The van der Waals surface area contributed by atoms with Crippen molar-refractivity contribution in [3.63, 3.8) is 0 Å². The van der Waals surface area contributed by atoms with Crippen LogP contribution in [0.2, 0.25) is 0 Å². The number of nitrogens with two attached hydrogens (primary N) is 1. The number of nitrogen functional groups attached to an aromatic ring is 1. The minimum absolute atomic E-state index is 0.655. The van der Waals surface area contributed by atoms with E-state index in [9.17, 15) is 0 Å². The lowest BCUT2D eigenvalue weighted by molar-refractivity contribution is 0.142. The Kier molecular flexibility index (Phi) is 4.17. The smallest absolute Gasteiger partial charge is 0.209 e. The number of aromatic nitrogens is 1. The third-order valence-electron chi connectivity index (χ3n) is 2.91. The number of hydrogen-bond acceptors (Lipinski definition) is 5. The Hall–Kier alpha value is -1.59. The summed E-state index contributed by atoms with van der Waals surface area (Å²) in [5, 5.41) is 0. The van der Waals surface area contributed by atoms with Crippen molar-refractivity contribution < 1.29 is 9.15 Å². The maximum absolute atomic E-state index is 5.86. The van der Waals surface area contributed by atoms with Crippen LogP contribution in [-0.4, -0.2) is 36.7 Å².